The zero-order valence-electron chi connectivity index (χ0n) is 15.9. The van der Waals surface area contributed by atoms with Crippen molar-refractivity contribution in [1.82, 2.24) is 9.80 Å². The molecule has 7 heteroatoms. The Labute approximate surface area is 160 Å². The molecular formula is C20H30N2O5. The summed E-state index contributed by atoms with van der Waals surface area (Å²) < 4.78 is 5.21. The lowest BCUT2D eigenvalue weighted by molar-refractivity contribution is -0.115. The molecule has 0 aromatic heterocycles. The predicted molar refractivity (Wildman–Crippen MR) is 101 cm³/mol. The highest BCUT2D eigenvalue weighted by atomic mass is 16.5. The van der Waals surface area contributed by atoms with E-state index < -0.39 is 17.8 Å². The molecule has 1 aromatic rings. The molecule has 0 saturated carbocycles. The summed E-state index contributed by atoms with van der Waals surface area (Å²) in [6.45, 7) is 2.72. The van der Waals surface area contributed by atoms with Gasteiger partial charge in [0.05, 0.1) is 18.8 Å². The number of aliphatic hydroxyl groups is 2. The molecule has 1 unspecified atom stereocenters. The molecule has 2 heterocycles. The zero-order chi connectivity index (χ0) is 19.4. The van der Waals surface area contributed by atoms with Crippen LogP contribution >= 0.6 is 0 Å². The lowest BCUT2D eigenvalue weighted by atomic mass is 9.84. The van der Waals surface area contributed by atoms with Crippen LogP contribution in [0.2, 0.25) is 0 Å². The number of amides is 1. The molecule has 2 fully saturated rings. The second-order valence-corrected chi connectivity index (χ2v) is 7.74. The minimum atomic E-state index is -1.20. The van der Waals surface area contributed by atoms with Crippen LogP contribution in [0.15, 0.2) is 24.3 Å². The van der Waals surface area contributed by atoms with E-state index >= 15 is 0 Å². The van der Waals surface area contributed by atoms with Crippen molar-refractivity contribution in [2.24, 2.45) is 0 Å². The summed E-state index contributed by atoms with van der Waals surface area (Å²) >= 11 is 0. The number of β-amino-alcohol motifs (C(OH)–C–C–N with tert-alkyl or cyclic N) is 1. The number of carboxylic acid groups (broad SMARTS) is 1. The van der Waals surface area contributed by atoms with Gasteiger partial charge in [-0.3, -0.25) is 0 Å². The molecule has 1 aromatic carbocycles. The summed E-state index contributed by atoms with van der Waals surface area (Å²) in [4.78, 5) is 14.5. The van der Waals surface area contributed by atoms with E-state index in [4.69, 9.17) is 9.84 Å². The number of nitrogens with zero attached hydrogens (tertiary/aromatic N) is 2. The number of ether oxygens (including phenoxy) is 1. The first-order chi connectivity index (χ1) is 12.9. The van der Waals surface area contributed by atoms with Gasteiger partial charge in [-0.25, -0.2) is 4.79 Å². The number of likely N-dealkylation sites (tertiary alicyclic amines) is 2. The fourth-order valence-electron chi connectivity index (χ4n) is 4.16. The number of hydrogen-bond acceptors (Lipinski definition) is 5. The Bertz CT molecular complexity index is 620. The van der Waals surface area contributed by atoms with Crippen LogP contribution in [-0.2, 0) is 0 Å². The minimum Gasteiger partial charge on any atom is -0.497 e. The Morgan fingerprint density at radius 2 is 1.78 bits per heavy atom. The Morgan fingerprint density at radius 3 is 2.30 bits per heavy atom. The number of hydrogen-bond donors (Lipinski definition) is 3. The van der Waals surface area contributed by atoms with Crippen LogP contribution < -0.4 is 4.74 Å². The molecular weight excluding hydrogens is 348 g/mol. The van der Waals surface area contributed by atoms with E-state index in [-0.39, 0.29) is 25.9 Å². The molecule has 7 nitrogen and oxygen atoms in total. The van der Waals surface area contributed by atoms with E-state index in [0.717, 1.165) is 31.7 Å². The van der Waals surface area contributed by atoms with Gasteiger partial charge in [-0.15, -0.1) is 0 Å². The molecule has 1 amide bonds. The first kappa shape index (κ1) is 19.9. The monoisotopic (exact) mass is 378 g/mol. The number of aliphatic hydroxyl groups excluding tert-OH is 1. The highest BCUT2D eigenvalue weighted by Gasteiger charge is 2.41. The molecule has 3 rings (SSSR count). The van der Waals surface area contributed by atoms with Crippen LogP contribution in [0, 0.1) is 0 Å². The Hall–Kier alpha value is -1.83. The summed E-state index contributed by atoms with van der Waals surface area (Å²) in [6.07, 6.45) is 0.776. The summed E-state index contributed by atoms with van der Waals surface area (Å²) in [5.74, 6) is 1.37. The summed E-state index contributed by atoms with van der Waals surface area (Å²) in [6, 6.07) is 8.22. The fraction of sp³-hybridized carbons (Fsp3) is 0.650. The third-order valence-electron chi connectivity index (χ3n) is 6.13. The molecule has 2 aliphatic rings. The van der Waals surface area contributed by atoms with Crippen molar-refractivity contribution in [3.05, 3.63) is 29.8 Å². The maximum absolute atomic E-state index is 11.0. The van der Waals surface area contributed by atoms with Crippen molar-refractivity contribution in [3.8, 4) is 5.75 Å². The summed E-state index contributed by atoms with van der Waals surface area (Å²) in [5, 5.41) is 30.3. The molecule has 1 atom stereocenters. The second kappa shape index (κ2) is 8.46. The Balaban J connectivity index is 1.47. The highest BCUT2D eigenvalue weighted by molar-refractivity contribution is 5.65. The molecule has 150 valence electrons. The molecule has 3 N–H and O–H groups in total. The van der Waals surface area contributed by atoms with Gasteiger partial charge < -0.3 is 29.9 Å². The zero-order valence-corrected chi connectivity index (χ0v) is 15.9. The predicted octanol–water partition coefficient (Wildman–Crippen LogP) is 1.74. The lowest BCUT2D eigenvalue weighted by Gasteiger charge is -2.42. The number of carbonyl (C=O) groups is 1. The Morgan fingerprint density at radius 1 is 1.19 bits per heavy atom. The second-order valence-electron chi connectivity index (χ2n) is 7.74. The first-order valence-electron chi connectivity index (χ1n) is 9.66. The number of benzene rings is 1. The molecule has 27 heavy (non-hydrogen) atoms. The van der Waals surface area contributed by atoms with Gasteiger partial charge in [-0.2, -0.15) is 0 Å². The largest absolute Gasteiger partial charge is 0.497 e. The molecule has 0 radical (unpaired) electrons. The van der Waals surface area contributed by atoms with E-state index in [1.54, 1.807) is 7.11 Å². The summed E-state index contributed by atoms with van der Waals surface area (Å²) in [7, 11) is 1.66. The quantitative estimate of drug-likeness (QED) is 0.723. The first-order valence-corrected chi connectivity index (χ1v) is 9.66. The van der Waals surface area contributed by atoms with Gasteiger partial charge >= 0.3 is 6.09 Å². The molecule has 2 aliphatic heterocycles. The van der Waals surface area contributed by atoms with Gasteiger partial charge in [0.1, 0.15) is 5.75 Å². The van der Waals surface area contributed by atoms with Gasteiger partial charge in [0.2, 0.25) is 0 Å². The maximum Gasteiger partial charge on any atom is 0.407 e. The topological polar surface area (TPSA) is 93.5 Å². The van der Waals surface area contributed by atoms with Gasteiger partial charge in [0.25, 0.3) is 0 Å². The van der Waals surface area contributed by atoms with E-state index in [0.29, 0.717) is 12.5 Å². The minimum absolute atomic E-state index is 0.266. The smallest absolute Gasteiger partial charge is 0.407 e. The molecule has 0 bridgehead atoms. The number of rotatable bonds is 5. The average molecular weight is 378 g/mol. The number of methoxy groups -OCH3 is 1. The highest BCUT2D eigenvalue weighted by Crippen LogP contribution is 2.31. The molecule has 0 spiro atoms. The van der Waals surface area contributed by atoms with E-state index in [1.807, 2.05) is 12.1 Å². The average Bonchev–Trinajstić information content (AvgIpc) is 2.69. The van der Waals surface area contributed by atoms with Gasteiger partial charge in [-0.05, 0) is 62.4 Å². The van der Waals surface area contributed by atoms with Crippen LogP contribution in [0.25, 0.3) is 0 Å². The van der Waals surface area contributed by atoms with Gasteiger partial charge in [0.15, 0.2) is 0 Å². The summed E-state index contributed by atoms with van der Waals surface area (Å²) in [5.41, 5.74) is 0.120. The van der Waals surface area contributed by atoms with Crippen molar-refractivity contribution in [3.63, 3.8) is 0 Å². The SMILES string of the molecule is COc1ccc(C2CCN(CC(O)C3(O)CCN(C(=O)O)CC3)CC2)cc1. The van der Waals surface area contributed by atoms with Crippen molar-refractivity contribution in [1.29, 1.82) is 0 Å². The number of piperidine rings is 2. The standard InChI is InChI=1S/C20H30N2O5/c1-27-17-4-2-15(3-5-17)16-6-10-21(11-7-16)14-18(23)20(26)8-12-22(13-9-20)19(24)25/h2-5,16,18,23,26H,6-14H2,1H3,(H,24,25). The van der Waals surface area contributed by atoms with Crippen LogP contribution in [0.3, 0.4) is 0 Å². The van der Waals surface area contributed by atoms with Crippen molar-refractivity contribution < 1.29 is 24.9 Å². The fourth-order valence-corrected chi connectivity index (χ4v) is 4.16. The van der Waals surface area contributed by atoms with Crippen LogP contribution in [-0.4, -0.2) is 82.8 Å². The normalized spacial score (nSPS) is 22.4. The van der Waals surface area contributed by atoms with Crippen molar-refractivity contribution >= 4 is 6.09 Å². The van der Waals surface area contributed by atoms with E-state index in [9.17, 15) is 15.0 Å². The van der Waals surface area contributed by atoms with Gasteiger partial charge in [0, 0.05) is 19.6 Å². The van der Waals surface area contributed by atoms with Crippen LogP contribution in [0.5, 0.6) is 5.75 Å². The van der Waals surface area contributed by atoms with Crippen molar-refractivity contribution in [2.75, 3.05) is 39.8 Å². The Kier molecular flexibility index (Phi) is 6.24. The van der Waals surface area contributed by atoms with Gasteiger partial charge in [-0.1, -0.05) is 12.1 Å². The van der Waals surface area contributed by atoms with E-state index in [1.165, 1.54) is 10.5 Å². The van der Waals surface area contributed by atoms with Crippen LogP contribution in [0.4, 0.5) is 4.79 Å². The third kappa shape index (κ3) is 4.72. The van der Waals surface area contributed by atoms with Crippen LogP contribution in [0.1, 0.15) is 37.2 Å². The van der Waals surface area contributed by atoms with E-state index in [2.05, 4.69) is 17.0 Å². The van der Waals surface area contributed by atoms with Crippen molar-refractivity contribution in [2.45, 2.75) is 43.3 Å². The maximum atomic E-state index is 11.0. The lowest BCUT2D eigenvalue weighted by Crippen LogP contribution is -2.56. The third-order valence-corrected chi connectivity index (χ3v) is 6.13. The molecule has 0 aliphatic carbocycles. The molecule has 2 saturated heterocycles.